The van der Waals surface area contributed by atoms with Gasteiger partial charge in [0.2, 0.25) is 0 Å². The standard InChI is InChI=1S/C39H26O/c1-39(2)34-20-25(16-17-28(34)32-22-37-33(21-35(32)39)29-13-7-8-14-36(29)40-37)38-27-12-6-4-10-24(27)19-31-26-11-5-3-9-23(26)15-18-30(31)38/h3-22H,1-2H3/i3D,4D,5D,6D,9D,10D,11D,12D,15D,18D,19D. The van der Waals surface area contributed by atoms with Gasteiger partial charge in [-0.25, -0.2) is 0 Å². The fourth-order valence-electron chi connectivity index (χ4n) is 6.46. The second-order valence-electron chi connectivity index (χ2n) is 10.9. The Morgan fingerprint density at radius 2 is 1.35 bits per heavy atom. The summed E-state index contributed by atoms with van der Waals surface area (Å²) in [4.78, 5) is 0. The molecule has 0 saturated heterocycles. The molecule has 0 atom stereocenters. The summed E-state index contributed by atoms with van der Waals surface area (Å²) in [6.07, 6.45) is 0. The van der Waals surface area contributed by atoms with E-state index in [0.29, 0.717) is 5.56 Å². The molecule has 0 bridgehead atoms. The lowest BCUT2D eigenvalue weighted by Crippen LogP contribution is -2.15. The van der Waals surface area contributed by atoms with Gasteiger partial charge in [-0.2, -0.15) is 0 Å². The van der Waals surface area contributed by atoms with E-state index < -0.39 is 71.9 Å². The van der Waals surface area contributed by atoms with Crippen LogP contribution in [0.1, 0.15) is 40.1 Å². The summed E-state index contributed by atoms with van der Waals surface area (Å²) in [5.41, 5.74) is 5.62. The predicted octanol–water partition coefficient (Wildman–Crippen LogP) is 11.0. The Bertz CT molecular complexity index is 2960. The van der Waals surface area contributed by atoms with E-state index in [0.717, 1.165) is 44.2 Å². The van der Waals surface area contributed by atoms with Gasteiger partial charge in [-0.05, 0) is 96.0 Å². The molecule has 0 aliphatic heterocycles. The molecule has 7 aromatic carbocycles. The molecule has 0 N–H and O–H groups in total. The first-order valence-electron chi connectivity index (χ1n) is 18.6. The lowest BCUT2D eigenvalue weighted by atomic mass is 9.80. The van der Waals surface area contributed by atoms with Crippen molar-refractivity contribution in [2.75, 3.05) is 0 Å². The second kappa shape index (κ2) is 7.61. The maximum Gasteiger partial charge on any atom is 0.136 e. The monoisotopic (exact) mass is 521 g/mol. The largest absolute Gasteiger partial charge is 0.456 e. The maximum atomic E-state index is 9.37. The van der Waals surface area contributed by atoms with Crippen molar-refractivity contribution in [3.63, 3.8) is 0 Å². The fourth-order valence-corrected chi connectivity index (χ4v) is 6.46. The molecule has 9 rings (SSSR count). The van der Waals surface area contributed by atoms with E-state index in [1.807, 2.05) is 42.5 Å². The molecule has 0 spiro atoms. The van der Waals surface area contributed by atoms with Crippen LogP contribution in [0.25, 0.3) is 76.5 Å². The van der Waals surface area contributed by atoms with Gasteiger partial charge >= 0.3 is 0 Å². The minimum absolute atomic E-state index is 0.00355. The fraction of sp³-hybridized carbons (Fsp3) is 0.0769. The van der Waals surface area contributed by atoms with Gasteiger partial charge in [0.15, 0.2) is 0 Å². The van der Waals surface area contributed by atoms with Crippen LogP contribution in [-0.2, 0) is 5.41 Å². The summed E-state index contributed by atoms with van der Waals surface area (Å²) in [6.45, 7) is 4.21. The van der Waals surface area contributed by atoms with Gasteiger partial charge in [0.25, 0.3) is 0 Å². The van der Waals surface area contributed by atoms with Crippen molar-refractivity contribution in [2.45, 2.75) is 19.3 Å². The van der Waals surface area contributed by atoms with Crippen molar-refractivity contribution < 1.29 is 19.5 Å². The quantitative estimate of drug-likeness (QED) is 0.155. The first-order chi connectivity index (χ1) is 24.2. The average Bonchev–Trinajstić information content (AvgIpc) is 3.59. The highest BCUT2D eigenvalue weighted by Gasteiger charge is 2.36. The number of para-hydroxylation sites is 1. The first kappa shape index (κ1) is 14.0. The minimum Gasteiger partial charge on any atom is -0.456 e. The van der Waals surface area contributed by atoms with Crippen molar-refractivity contribution in [3.05, 3.63) is 132 Å². The number of hydrogen-bond donors (Lipinski definition) is 0. The van der Waals surface area contributed by atoms with Crippen LogP contribution >= 0.6 is 0 Å². The zero-order valence-corrected chi connectivity index (χ0v) is 21.6. The van der Waals surface area contributed by atoms with Crippen molar-refractivity contribution in [1.82, 2.24) is 0 Å². The van der Waals surface area contributed by atoms with E-state index in [4.69, 9.17) is 16.8 Å². The number of hydrogen-bond acceptors (Lipinski definition) is 1. The Morgan fingerprint density at radius 3 is 2.25 bits per heavy atom. The zero-order valence-electron chi connectivity index (χ0n) is 32.6. The smallest absolute Gasteiger partial charge is 0.136 e. The van der Waals surface area contributed by atoms with Crippen LogP contribution in [0.15, 0.2) is 125 Å². The van der Waals surface area contributed by atoms with Gasteiger partial charge in [0, 0.05) is 16.2 Å². The Hall–Kier alpha value is -4.88. The molecule has 1 aliphatic carbocycles. The number of furan rings is 1. The van der Waals surface area contributed by atoms with E-state index in [-0.39, 0.29) is 37.9 Å². The van der Waals surface area contributed by atoms with E-state index in [1.165, 1.54) is 0 Å². The van der Waals surface area contributed by atoms with Crippen LogP contribution in [0.3, 0.4) is 0 Å². The summed E-state index contributed by atoms with van der Waals surface area (Å²) in [7, 11) is 0. The normalized spacial score (nSPS) is 17.8. The molecule has 188 valence electrons. The van der Waals surface area contributed by atoms with Crippen LogP contribution in [0.2, 0.25) is 0 Å². The number of fused-ring (bicyclic) bond motifs is 10. The molecule has 0 unspecified atom stereocenters. The van der Waals surface area contributed by atoms with Crippen LogP contribution in [0.5, 0.6) is 0 Å². The first-order valence-corrected chi connectivity index (χ1v) is 13.1. The van der Waals surface area contributed by atoms with Crippen LogP contribution < -0.4 is 0 Å². The molecule has 1 aromatic heterocycles. The van der Waals surface area contributed by atoms with E-state index >= 15 is 0 Å². The average molecular weight is 522 g/mol. The van der Waals surface area contributed by atoms with Crippen LogP contribution in [-0.4, -0.2) is 0 Å². The molecule has 0 amide bonds. The molecule has 0 saturated carbocycles. The van der Waals surface area contributed by atoms with Gasteiger partial charge in [-0.3, -0.25) is 0 Å². The lowest BCUT2D eigenvalue weighted by molar-refractivity contribution is 0.658. The second-order valence-corrected chi connectivity index (χ2v) is 10.9. The lowest BCUT2D eigenvalue weighted by Gasteiger charge is -2.22. The molecule has 1 aliphatic rings. The summed E-state index contributed by atoms with van der Waals surface area (Å²) in [5.74, 6) is 0. The predicted molar refractivity (Wildman–Crippen MR) is 169 cm³/mol. The minimum atomic E-state index is -0.575. The molecule has 0 fully saturated rings. The van der Waals surface area contributed by atoms with Gasteiger partial charge < -0.3 is 4.42 Å². The molecular formula is C39H26O. The Kier molecular flexibility index (Phi) is 2.66. The summed E-state index contributed by atoms with van der Waals surface area (Å²) >= 11 is 0. The SMILES string of the molecule is [2H]c1c([2H])c([2H])c2c([2H])c3c(c([2H])c([2H])c4c([2H])c([2H])c([2H])c([2H])c43)c(-c3ccc4c(c3)C(C)(C)c3cc5c(cc3-4)oc3ccccc35)c2c1[2H]. The third-order valence-corrected chi connectivity index (χ3v) is 8.40. The van der Waals surface area contributed by atoms with Crippen molar-refractivity contribution in [2.24, 2.45) is 0 Å². The topological polar surface area (TPSA) is 13.1 Å². The number of rotatable bonds is 1. The van der Waals surface area contributed by atoms with E-state index in [9.17, 15) is 2.74 Å². The highest BCUT2D eigenvalue weighted by atomic mass is 16.3. The van der Waals surface area contributed by atoms with Gasteiger partial charge in [0.05, 0.1) is 15.1 Å². The molecule has 40 heavy (non-hydrogen) atoms. The third-order valence-electron chi connectivity index (χ3n) is 8.40. The molecule has 0 radical (unpaired) electrons. The van der Waals surface area contributed by atoms with E-state index in [2.05, 4.69) is 19.9 Å². The molecule has 1 heteroatoms. The van der Waals surface area contributed by atoms with E-state index in [1.54, 1.807) is 6.07 Å². The van der Waals surface area contributed by atoms with Crippen LogP contribution in [0, 0.1) is 0 Å². The summed E-state index contributed by atoms with van der Waals surface area (Å²) < 4.78 is 103. The molecule has 1 nitrogen and oxygen atoms in total. The third kappa shape index (κ3) is 2.82. The van der Waals surface area contributed by atoms with Gasteiger partial charge in [0.1, 0.15) is 11.2 Å². The van der Waals surface area contributed by atoms with Crippen molar-refractivity contribution in [3.8, 4) is 22.3 Å². The Labute approximate surface area is 247 Å². The Balaban J connectivity index is 1.45. The van der Waals surface area contributed by atoms with Crippen molar-refractivity contribution >= 4 is 54.3 Å². The zero-order chi connectivity index (χ0) is 36.2. The highest BCUT2D eigenvalue weighted by Crippen LogP contribution is 2.52. The number of benzene rings is 7. The van der Waals surface area contributed by atoms with Crippen molar-refractivity contribution in [1.29, 1.82) is 0 Å². The molecular weight excluding hydrogens is 484 g/mol. The summed E-state index contributed by atoms with van der Waals surface area (Å²) in [5, 5.41) is 1.45. The van der Waals surface area contributed by atoms with Gasteiger partial charge in [-0.15, -0.1) is 0 Å². The molecule has 8 aromatic rings. The Morgan fingerprint density at radius 1 is 0.575 bits per heavy atom. The van der Waals surface area contributed by atoms with Crippen LogP contribution in [0.4, 0.5) is 0 Å². The molecule has 1 heterocycles. The highest BCUT2D eigenvalue weighted by molar-refractivity contribution is 6.20. The maximum absolute atomic E-state index is 9.37. The van der Waals surface area contributed by atoms with Gasteiger partial charge in [-0.1, -0.05) is 105 Å². The summed E-state index contributed by atoms with van der Waals surface area (Å²) in [6, 6.07) is 12.4.